The van der Waals surface area contributed by atoms with Gasteiger partial charge in [0.25, 0.3) is 5.56 Å². The van der Waals surface area contributed by atoms with Crippen LogP contribution in [0.15, 0.2) is 39.3 Å². The molecule has 0 aliphatic carbocycles. The topological polar surface area (TPSA) is 437 Å². The molecule has 0 spiro atoms. The van der Waals surface area contributed by atoms with Crippen LogP contribution in [0.3, 0.4) is 0 Å². The molecule has 7 rings (SSSR count). The number of carbonyl (C=O) groups is 3. The summed E-state index contributed by atoms with van der Waals surface area (Å²) in [4.78, 5) is 82.9. The maximum Gasteiger partial charge on any atom is 0.351 e. The molecule has 3 amide bonds. The molecule has 3 fully saturated rings. The molecule has 30 heteroatoms. The van der Waals surface area contributed by atoms with E-state index in [2.05, 4.69) is 71.4 Å². The Morgan fingerprint density at radius 2 is 1.05 bits per heavy atom. The molecule has 9 unspecified atom stereocenters. The first-order valence-electron chi connectivity index (χ1n) is 23.4. The first kappa shape index (κ1) is 60.3. The summed E-state index contributed by atoms with van der Waals surface area (Å²) < 4.78 is 36.2. The van der Waals surface area contributed by atoms with Crippen molar-refractivity contribution in [1.82, 2.24) is 49.6 Å². The van der Waals surface area contributed by atoms with Gasteiger partial charge in [-0.15, -0.1) is 0 Å². The minimum absolute atomic E-state index is 0.00567. The van der Waals surface area contributed by atoms with E-state index in [4.69, 9.17) is 55.2 Å². The zero-order valence-corrected chi connectivity index (χ0v) is 41.9. The standard InChI is InChI=1S/C17H21N5O5.C15H20N4O6.C15H19N3O7/c1-26-8-12-11(24)5-14(27-12)22-6-10(3-2-4-19-13(25)7-23)15-16(18)20-9-21-17(15)22;1-24-8-11-10(21)5-13(25-11)19-6-9(14(16)18-15(19)23)3-2-4-17-12(22)7-20;1-24-8-11-10(20)5-13(25-11)18-6-9(14(22)17-15(18)23)3-2-4-16-12(21)7-19/h6,9,11-12,14,23-24H,4-5,7-8H2,1H3,(H,19,25)(H2,18,20,21);6,10-11,13,20-21H,4-5,7-8H2,1H3,(H,17,22)(H2,16,18,23);6,10-11,13,19-20H,4-5,7-8H2,1H3,(H,16,21)(H,17,22,23). The van der Waals surface area contributed by atoms with Crippen LogP contribution in [-0.4, -0.2) is 199 Å². The van der Waals surface area contributed by atoms with Crippen LogP contribution in [-0.2, 0) is 42.8 Å². The number of hydrogen-bond acceptors (Lipinski definition) is 23. The molecule has 0 radical (unpaired) electrons. The molecule has 7 heterocycles. The van der Waals surface area contributed by atoms with E-state index in [9.17, 15) is 44.1 Å². The van der Waals surface area contributed by atoms with Gasteiger partial charge in [0.1, 0.15) is 86.0 Å². The fourth-order valence-electron chi connectivity index (χ4n) is 7.61. The summed E-state index contributed by atoms with van der Waals surface area (Å²) in [7, 11) is 4.51. The number of aromatic amines is 1. The van der Waals surface area contributed by atoms with E-state index in [1.165, 1.54) is 37.5 Å². The smallest absolute Gasteiger partial charge is 0.351 e. The van der Waals surface area contributed by atoms with Crippen molar-refractivity contribution in [2.45, 2.75) is 74.6 Å². The summed E-state index contributed by atoms with van der Waals surface area (Å²) in [6.45, 7) is -1.19. The number of aliphatic hydroxyl groups excluding tert-OH is 6. The fraction of sp³-hybridized carbons (Fsp3) is 0.511. The molecule has 3 aliphatic rings. The number of nitrogens with zero attached hydrogens (tertiary/aromatic N) is 6. The van der Waals surface area contributed by atoms with Gasteiger partial charge in [-0.3, -0.25) is 33.3 Å². The zero-order valence-electron chi connectivity index (χ0n) is 41.9. The highest BCUT2D eigenvalue weighted by atomic mass is 16.6. The lowest BCUT2D eigenvalue weighted by molar-refractivity contribution is -0.124. The second-order valence-electron chi connectivity index (χ2n) is 16.7. The Labute approximate surface area is 437 Å². The highest BCUT2D eigenvalue weighted by Gasteiger charge is 2.38. The Balaban J connectivity index is 0.000000213. The number of methoxy groups -OCH3 is 3. The third kappa shape index (κ3) is 16.7. The zero-order chi connectivity index (χ0) is 56.2. The second kappa shape index (κ2) is 29.6. The number of amides is 3. The summed E-state index contributed by atoms with van der Waals surface area (Å²) in [5, 5.41) is 63.6. The number of nitrogens with one attached hydrogen (secondary N) is 4. The average molecular weight is 1080 g/mol. The lowest BCUT2D eigenvalue weighted by Crippen LogP contribution is -2.34. The maximum absolute atomic E-state index is 12.1. The van der Waals surface area contributed by atoms with Gasteiger partial charge in [0.05, 0.1) is 74.3 Å². The van der Waals surface area contributed by atoms with Crippen molar-refractivity contribution < 1.29 is 73.4 Å². The van der Waals surface area contributed by atoms with Crippen LogP contribution in [0.25, 0.3) is 11.0 Å². The van der Waals surface area contributed by atoms with Crippen molar-refractivity contribution in [2.24, 2.45) is 0 Å². The highest BCUT2D eigenvalue weighted by Crippen LogP contribution is 2.34. The van der Waals surface area contributed by atoms with Gasteiger partial charge in [-0.05, 0) is 0 Å². The van der Waals surface area contributed by atoms with Gasteiger partial charge in [-0.2, -0.15) is 4.98 Å². The first-order chi connectivity index (χ1) is 37.0. The number of anilines is 2. The Morgan fingerprint density at radius 3 is 1.52 bits per heavy atom. The number of carbonyl (C=O) groups excluding carboxylic acids is 3. The third-order valence-electron chi connectivity index (χ3n) is 11.3. The van der Waals surface area contributed by atoms with E-state index < -0.39 is 110 Å². The van der Waals surface area contributed by atoms with E-state index >= 15 is 0 Å². The van der Waals surface area contributed by atoms with Gasteiger partial charge in [0, 0.05) is 59.2 Å². The lowest BCUT2D eigenvalue weighted by Gasteiger charge is -2.15. The highest BCUT2D eigenvalue weighted by molar-refractivity contribution is 5.92. The molecule has 0 aromatic carbocycles. The number of ether oxygens (including phenoxy) is 6. The van der Waals surface area contributed by atoms with Crippen LogP contribution in [0.2, 0.25) is 0 Å². The molecule has 9 atom stereocenters. The van der Waals surface area contributed by atoms with Crippen LogP contribution < -0.4 is 44.4 Å². The molecular formula is C47H60N12O18. The predicted octanol–water partition coefficient (Wildman–Crippen LogP) is -6.36. The first-order valence-corrected chi connectivity index (χ1v) is 23.4. The van der Waals surface area contributed by atoms with Crippen LogP contribution in [0.4, 0.5) is 11.6 Å². The molecule has 3 aliphatic heterocycles. The Morgan fingerprint density at radius 1 is 0.636 bits per heavy atom. The monoisotopic (exact) mass is 1080 g/mol. The lowest BCUT2D eigenvalue weighted by atomic mass is 10.2. The SMILES string of the molecule is COCC1OC(n2cc(C#CCNC(=O)CO)c(=O)[nH]c2=O)CC1O.COCC1OC(n2cc(C#CCNC(=O)CO)c(N)nc2=O)CC1O.COCC1OC(n2cc(C#CCNC(=O)CO)c3c(N)ncnc32)CC1O. The summed E-state index contributed by atoms with van der Waals surface area (Å²) >= 11 is 0. The number of aliphatic hydroxyl groups is 6. The summed E-state index contributed by atoms with van der Waals surface area (Å²) in [5.41, 5.74) is 11.1. The van der Waals surface area contributed by atoms with Crippen molar-refractivity contribution in [3.8, 4) is 35.5 Å². The van der Waals surface area contributed by atoms with E-state index in [-0.39, 0.29) is 75.1 Å². The molecule has 0 bridgehead atoms. The number of aromatic nitrogens is 7. The number of H-pyrrole nitrogens is 1. The molecule has 3 saturated heterocycles. The van der Waals surface area contributed by atoms with Gasteiger partial charge in [0.2, 0.25) is 17.7 Å². The summed E-state index contributed by atoms with van der Waals surface area (Å²) in [6.07, 6.45) is 0.820. The molecule has 4 aromatic rings. The molecule has 77 heavy (non-hydrogen) atoms. The van der Waals surface area contributed by atoms with Gasteiger partial charge in [-0.25, -0.2) is 19.6 Å². The van der Waals surface area contributed by atoms with E-state index in [0.29, 0.717) is 23.0 Å². The van der Waals surface area contributed by atoms with Gasteiger partial charge >= 0.3 is 11.4 Å². The number of nitrogens with two attached hydrogens (primary N) is 2. The van der Waals surface area contributed by atoms with Gasteiger partial charge in [-0.1, -0.05) is 35.5 Å². The van der Waals surface area contributed by atoms with Crippen LogP contribution in [0.5, 0.6) is 0 Å². The Bertz CT molecular complexity index is 3050. The molecule has 30 nitrogen and oxygen atoms in total. The Hall–Kier alpha value is -7.61. The molecular weight excluding hydrogens is 1020 g/mol. The molecule has 4 aromatic heterocycles. The van der Waals surface area contributed by atoms with Crippen molar-refractivity contribution >= 4 is 40.4 Å². The molecule has 416 valence electrons. The minimum atomic E-state index is -0.799. The Kier molecular flexibility index (Phi) is 23.2. The van der Waals surface area contributed by atoms with E-state index in [1.807, 2.05) is 0 Å². The normalized spacial score (nSPS) is 22.1. The fourth-order valence-corrected chi connectivity index (χ4v) is 7.61. The second-order valence-corrected chi connectivity index (χ2v) is 16.7. The number of hydrogen-bond donors (Lipinski definition) is 12. The maximum atomic E-state index is 12.1. The minimum Gasteiger partial charge on any atom is -0.390 e. The average Bonchev–Trinajstić information content (AvgIpc) is 4.20. The molecule has 0 saturated carbocycles. The van der Waals surface area contributed by atoms with Crippen molar-refractivity contribution in [1.29, 1.82) is 0 Å². The summed E-state index contributed by atoms with van der Waals surface area (Å²) in [6, 6.07) is 0. The largest absolute Gasteiger partial charge is 0.390 e. The van der Waals surface area contributed by atoms with E-state index in [1.54, 1.807) is 17.9 Å². The quantitative estimate of drug-likeness (QED) is 0.0493. The molecule has 14 N–H and O–H groups in total. The van der Waals surface area contributed by atoms with Crippen LogP contribution >= 0.6 is 0 Å². The number of nitrogen functional groups attached to an aromatic ring is 2. The number of fused-ring (bicyclic) bond motifs is 1. The third-order valence-corrected chi connectivity index (χ3v) is 11.3. The van der Waals surface area contributed by atoms with Crippen molar-refractivity contribution in [2.75, 3.05) is 92.1 Å². The van der Waals surface area contributed by atoms with Crippen molar-refractivity contribution in [3.63, 3.8) is 0 Å². The predicted molar refractivity (Wildman–Crippen MR) is 266 cm³/mol. The van der Waals surface area contributed by atoms with Crippen LogP contribution in [0, 0.1) is 35.5 Å². The summed E-state index contributed by atoms with van der Waals surface area (Å²) in [5.74, 6) is 14.7. The number of rotatable bonds is 15. The van der Waals surface area contributed by atoms with Gasteiger partial charge < -0.3 is 91.0 Å². The van der Waals surface area contributed by atoms with Crippen molar-refractivity contribution in [3.05, 3.63) is 72.9 Å². The van der Waals surface area contributed by atoms with Crippen LogP contribution in [0.1, 0.15) is 54.6 Å². The van der Waals surface area contributed by atoms with Gasteiger partial charge in [0.15, 0.2) is 0 Å². The van der Waals surface area contributed by atoms with E-state index in [0.717, 1.165) is 4.57 Å².